The highest BCUT2D eigenvalue weighted by Crippen LogP contribution is 2.39. The first-order valence-corrected chi connectivity index (χ1v) is 11.2. The summed E-state index contributed by atoms with van der Waals surface area (Å²) in [5.41, 5.74) is 3.55. The van der Waals surface area contributed by atoms with Crippen LogP contribution in [-0.4, -0.2) is 37.0 Å². The lowest BCUT2D eigenvalue weighted by molar-refractivity contribution is -0.139. The first-order valence-electron chi connectivity index (χ1n) is 10.8. The van der Waals surface area contributed by atoms with Gasteiger partial charge < -0.3 is 19.5 Å². The van der Waals surface area contributed by atoms with Crippen molar-refractivity contribution in [1.29, 1.82) is 0 Å². The van der Waals surface area contributed by atoms with Crippen molar-refractivity contribution in [2.75, 3.05) is 0 Å². The maximum Gasteiger partial charge on any atom is 0.320 e. The van der Waals surface area contributed by atoms with Gasteiger partial charge in [-0.05, 0) is 48.0 Å². The van der Waals surface area contributed by atoms with Crippen molar-refractivity contribution in [3.8, 4) is 17.5 Å². The summed E-state index contributed by atoms with van der Waals surface area (Å²) in [7, 11) is 0. The summed E-state index contributed by atoms with van der Waals surface area (Å²) < 4.78 is 12.9. The third-order valence-corrected chi connectivity index (χ3v) is 6.50. The van der Waals surface area contributed by atoms with Crippen LogP contribution in [0.15, 0.2) is 33.4 Å². The second kappa shape index (κ2) is 8.00. The van der Waals surface area contributed by atoms with E-state index < -0.39 is 12.0 Å². The van der Waals surface area contributed by atoms with Crippen molar-refractivity contribution in [2.45, 2.75) is 52.6 Å². The van der Waals surface area contributed by atoms with Gasteiger partial charge in [-0.15, -0.1) is 0 Å². The third-order valence-electron chi connectivity index (χ3n) is 6.20. The molecule has 9 nitrogen and oxygen atoms in total. The topological polar surface area (TPSA) is 119 Å². The third kappa shape index (κ3) is 4.02. The fourth-order valence-corrected chi connectivity index (χ4v) is 4.42. The first-order chi connectivity index (χ1) is 15.7. The lowest BCUT2D eigenvalue weighted by Gasteiger charge is -2.27. The Morgan fingerprint density at radius 3 is 2.94 bits per heavy atom. The van der Waals surface area contributed by atoms with Crippen molar-refractivity contribution >= 4 is 28.5 Å². The molecule has 10 heteroatoms. The number of aromatic nitrogens is 4. The number of hydrogen-bond donors (Lipinski definition) is 2. The van der Waals surface area contributed by atoms with Crippen LogP contribution in [0.5, 0.6) is 0 Å². The SMILES string of the molecule is CC(NCc1ccc2c(c1)c(Cl)cn2-c1noc(-c2noc3c2CCC(C)(C)C3)n1)C(=O)O. The molecule has 1 aliphatic rings. The van der Waals surface area contributed by atoms with Crippen LogP contribution in [0.1, 0.15) is 44.1 Å². The number of carbonyl (C=O) groups is 1. The van der Waals surface area contributed by atoms with Gasteiger partial charge in [0.15, 0.2) is 5.69 Å². The molecule has 2 N–H and O–H groups in total. The van der Waals surface area contributed by atoms with E-state index in [1.165, 1.54) is 0 Å². The average molecular weight is 470 g/mol. The minimum absolute atomic E-state index is 0.185. The Hall–Kier alpha value is -3.17. The Kier molecular flexibility index (Phi) is 5.25. The van der Waals surface area contributed by atoms with E-state index in [9.17, 15) is 4.79 Å². The Bertz CT molecular complexity index is 1350. The summed E-state index contributed by atoms with van der Waals surface area (Å²) >= 11 is 6.49. The van der Waals surface area contributed by atoms with E-state index >= 15 is 0 Å². The maximum atomic E-state index is 11.0. The number of aliphatic carboxylic acids is 1. The van der Waals surface area contributed by atoms with Crippen LogP contribution < -0.4 is 5.32 Å². The maximum absolute atomic E-state index is 11.0. The van der Waals surface area contributed by atoms with Gasteiger partial charge in [0.05, 0.1) is 10.5 Å². The molecule has 1 atom stereocenters. The molecule has 1 unspecified atom stereocenters. The molecule has 33 heavy (non-hydrogen) atoms. The molecule has 0 fully saturated rings. The number of rotatable bonds is 6. The zero-order chi connectivity index (χ0) is 23.3. The van der Waals surface area contributed by atoms with Crippen molar-refractivity contribution in [1.82, 2.24) is 25.2 Å². The van der Waals surface area contributed by atoms with Gasteiger partial charge in [-0.25, -0.2) is 0 Å². The molecule has 172 valence electrons. The number of fused-ring (bicyclic) bond motifs is 2. The summed E-state index contributed by atoms with van der Waals surface area (Å²) in [6.07, 6.45) is 4.46. The second-order valence-electron chi connectivity index (χ2n) is 9.31. The molecular weight excluding hydrogens is 446 g/mol. The van der Waals surface area contributed by atoms with Gasteiger partial charge in [0.1, 0.15) is 11.8 Å². The van der Waals surface area contributed by atoms with Gasteiger partial charge in [0, 0.05) is 30.1 Å². The zero-order valence-electron chi connectivity index (χ0n) is 18.6. The van der Waals surface area contributed by atoms with Crippen molar-refractivity contribution in [2.24, 2.45) is 5.41 Å². The predicted octanol–water partition coefficient (Wildman–Crippen LogP) is 4.40. The highest BCUT2D eigenvalue weighted by atomic mass is 35.5. The van der Waals surface area contributed by atoms with E-state index in [1.54, 1.807) is 17.7 Å². The molecule has 5 rings (SSSR count). The van der Waals surface area contributed by atoms with E-state index in [1.807, 2.05) is 18.2 Å². The van der Waals surface area contributed by atoms with Crippen LogP contribution in [0.4, 0.5) is 0 Å². The lowest BCUT2D eigenvalue weighted by atomic mass is 9.77. The Morgan fingerprint density at radius 1 is 1.33 bits per heavy atom. The van der Waals surface area contributed by atoms with Gasteiger partial charge in [-0.1, -0.05) is 36.7 Å². The smallest absolute Gasteiger partial charge is 0.320 e. The van der Waals surface area contributed by atoms with Crippen LogP contribution >= 0.6 is 11.6 Å². The molecule has 1 aromatic carbocycles. The number of benzene rings is 1. The van der Waals surface area contributed by atoms with Gasteiger partial charge in [0.25, 0.3) is 11.8 Å². The van der Waals surface area contributed by atoms with Crippen LogP contribution in [0.3, 0.4) is 0 Å². The molecule has 1 aliphatic carbocycles. The van der Waals surface area contributed by atoms with Crippen molar-refractivity contribution in [3.63, 3.8) is 0 Å². The fourth-order valence-electron chi connectivity index (χ4n) is 4.17. The van der Waals surface area contributed by atoms with Gasteiger partial charge in [0.2, 0.25) is 0 Å². The van der Waals surface area contributed by atoms with Crippen molar-refractivity contribution < 1.29 is 18.9 Å². The number of nitrogens with one attached hydrogen (secondary N) is 1. The van der Waals surface area contributed by atoms with Crippen LogP contribution in [-0.2, 0) is 24.2 Å². The molecule has 0 saturated carbocycles. The first kappa shape index (κ1) is 21.7. The van der Waals surface area contributed by atoms with E-state index in [0.29, 0.717) is 29.1 Å². The summed E-state index contributed by atoms with van der Waals surface area (Å²) in [6.45, 7) is 6.45. The largest absolute Gasteiger partial charge is 0.480 e. The Morgan fingerprint density at radius 2 is 2.15 bits per heavy atom. The van der Waals surface area contributed by atoms with Crippen molar-refractivity contribution in [3.05, 3.63) is 46.3 Å². The Balaban J connectivity index is 1.43. The molecule has 0 spiro atoms. The van der Waals surface area contributed by atoms with Crippen LogP contribution in [0.2, 0.25) is 5.02 Å². The number of carboxylic acid groups (broad SMARTS) is 1. The quantitative estimate of drug-likeness (QED) is 0.426. The lowest BCUT2D eigenvalue weighted by Crippen LogP contribution is -2.33. The number of halogens is 1. The fraction of sp³-hybridized carbons (Fsp3) is 0.391. The summed E-state index contributed by atoms with van der Waals surface area (Å²) in [4.78, 5) is 15.6. The molecule has 0 aliphatic heterocycles. The van der Waals surface area contributed by atoms with E-state index in [-0.39, 0.29) is 5.41 Å². The zero-order valence-corrected chi connectivity index (χ0v) is 19.3. The summed E-state index contributed by atoms with van der Waals surface area (Å²) in [5.74, 6) is 0.649. The molecular formula is C23H24ClN5O4. The standard InChI is InChI=1S/C23H24ClN5O4/c1-12(21(30)31)25-10-13-4-5-17-15(8-13)16(24)11-29(17)22-26-20(33-28-22)19-14-6-7-23(2,3)9-18(14)32-27-19/h4-5,8,11-12,25H,6-7,9-10H2,1-3H3,(H,30,31). The molecule has 3 heterocycles. The van der Waals surface area contributed by atoms with E-state index in [4.69, 9.17) is 25.8 Å². The molecule has 4 aromatic rings. The molecule has 0 radical (unpaired) electrons. The summed E-state index contributed by atoms with van der Waals surface area (Å²) in [6, 6.07) is 5.09. The summed E-state index contributed by atoms with van der Waals surface area (Å²) in [5, 5.41) is 21.7. The van der Waals surface area contributed by atoms with Crippen LogP contribution in [0, 0.1) is 5.41 Å². The number of hydrogen-bond acceptors (Lipinski definition) is 7. The minimum atomic E-state index is -0.898. The molecule has 0 bridgehead atoms. The molecule has 3 aromatic heterocycles. The second-order valence-corrected chi connectivity index (χ2v) is 9.72. The minimum Gasteiger partial charge on any atom is -0.480 e. The highest BCUT2D eigenvalue weighted by molar-refractivity contribution is 6.35. The van der Waals surface area contributed by atoms with Gasteiger partial charge in [-0.2, -0.15) is 4.98 Å². The monoisotopic (exact) mass is 469 g/mol. The van der Waals surface area contributed by atoms with Gasteiger partial charge in [-0.3, -0.25) is 9.36 Å². The molecule has 0 amide bonds. The van der Waals surface area contributed by atoms with E-state index in [2.05, 4.69) is 34.5 Å². The Labute approximate surface area is 194 Å². The highest BCUT2D eigenvalue weighted by Gasteiger charge is 2.32. The molecule has 0 saturated heterocycles. The van der Waals surface area contributed by atoms with Crippen LogP contribution in [0.25, 0.3) is 28.4 Å². The normalized spacial score (nSPS) is 16.1. The number of carboxylic acids is 1. The predicted molar refractivity (Wildman–Crippen MR) is 121 cm³/mol. The van der Waals surface area contributed by atoms with Gasteiger partial charge >= 0.3 is 5.97 Å². The van der Waals surface area contributed by atoms with E-state index in [0.717, 1.165) is 47.1 Å². The number of nitrogens with zero attached hydrogens (tertiary/aromatic N) is 4. The average Bonchev–Trinajstić information content (AvgIpc) is 3.48.